The van der Waals surface area contributed by atoms with Crippen LogP contribution < -0.4 is 0 Å². The van der Waals surface area contributed by atoms with Gasteiger partial charge < -0.3 is 4.98 Å². The summed E-state index contributed by atoms with van der Waals surface area (Å²) in [6, 6.07) is 13.2. The lowest BCUT2D eigenvalue weighted by molar-refractivity contribution is 1.38. The molecule has 0 radical (unpaired) electrons. The van der Waals surface area contributed by atoms with Crippen LogP contribution in [0.25, 0.3) is 11.6 Å². The zero-order valence-corrected chi connectivity index (χ0v) is 9.20. The number of nitrogens with zero attached hydrogens (tertiary/aromatic N) is 1. The molecule has 2 rings (SSSR count). The number of hydrogen-bond donors (Lipinski definition) is 1. The topological polar surface area (TPSA) is 39.6 Å². The van der Waals surface area contributed by atoms with Gasteiger partial charge in [-0.15, -0.1) is 0 Å². The molecule has 2 nitrogen and oxygen atoms in total. The molecule has 1 heterocycles. The van der Waals surface area contributed by atoms with Gasteiger partial charge in [0, 0.05) is 16.9 Å². The predicted octanol–water partition coefficient (Wildman–Crippen LogP) is 3.73. The summed E-state index contributed by atoms with van der Waals surface area (Å²) >= 11 is 5.79. The lowest BCUT2D eigenvalue weighted by Gasteiger charge is -1.98. The van der Waals surface area contributed by atoms with Crippen molar-refractivity contribution in [2.24, 2.45) is 0 Å². The zero-order chi connectivity index (χ0) is 11.4. The third kappa shape index (κ3) is 2.33. The minimum absolute atomic E-state index is 0.610. The largest absolute Gasteiger partial charge is 0.362 e. The molecular formula is C13H9ClN2. The first-order valence-corrected chi connectivity index (χ1v) is 5.18. The van der Waals surface area contributed by atoms with Crippen molar-refractivity contribution in [1.29, 1.82) is 5.26 Å². The molecule has 0 spiro atoms. The number of rotatable bonds is 2. The summed E-state index contributed by atoms with van der Waals surface area (Å²) in [5.41, 5.74) is 2.38. The van der Waals surface area contributed by atoms with Crippen LogP contribution in [-0.2, 0) is 0 Å². The molecule has 0 aliphatic carbocycles. The number of nitrogens with one attached hydrogen (secondary N) is 1. The maximum Gasteiger partial charge on any atom is 0.0998 e. The van der Waals surface area contributed by atoms with E-state index in [-0.39, 0.29) is 0 Å². The third-order valence-corrected chi connectivity index (χ3v) is 2.45. The van der Waals surface area contributed by atoms with E-state index in [0.717, 1.165) is 11.3 Å². The molecule has 1 aromatic heterocycles. The van der Waals surface area contributed by atoms with Crippen LogP contribution in [0.2, 0.25) is 5.02 Å². The summed E-state index contributed by atoms with van der Waals surface area (Å²) in [4.78, 5) is 3.03. The first-order chi connectivity index (χ1) is 7.79. The number of nitriles is 1. The van der Waals surface area contributed by atoms with E-state index in [2.05, 4.69) is 11.1 Å². The van der Waals surface area contributed by atoms with Crippen molar-refractivity contribution in [3.63, 3.8) is 0 Å². The number of aromatic amines is 1. The number of benzene rings is 1. The predicted molar refractivity (Wildman–Crippen MR) is 65.7 cm³/mol. The van der Waals surface area contributed by atoms with E-state index in [1.807, 2.05) is 36.5 Å². The SMILES string of the molecule is N#C/C(=C/c1ccc[nH]1)c1ccc(Cl)cc1. The van der Waals surface area contributed by atoms with Gasteiger partial charge in [-0.2, -0.15) is 5.26 Å². The fraction of sp³-hybridized carbons (Fsp3) is 0. The molecule has 1 N–H and O–H groups in total. The van der Waals surface area contributed by atoms with E-state index in [1.165, 1.54) is 0 Å². The van der Waals surface area contributed by atoms with Gasteiger partial charge in [-0.3, -0.25) is 0 Å². The number of allylic oxidation sites excluding steroid dienone is 1. The van der Waals surface area contributed by atoms with Crippen LogP contribution in [0, 0.1) is 11.3 Å². The van der Waals surface area contributed by atoms with Crippen molar-refractivity contribution >= 4 is 23.3 Å². The Kier molecular flexibility index (Phi) is 3.09. The molecule has 0 aliphatic rings. The summed E-state index contributed by atoms with van der Waals surface area (Å²) in [5.74, 6) is 0. The monoisotopic (exact) mass is 228 g/mol. The maximum absolute atomic E-state index is 9.08. The highest BCUT2D eigenvalue weighted by Gasteiger charge is 2.00. The number of H-pyrrole nitrogens is 1. The summed E-state index contributed by atoms with van der Waals surface area (Å²) in [6.07, 6.45) is 3.63. The molecule has 78 valence electrons. The number of halogens is 1. The molecule has 1 aromatic carbocycles. The second-order valence-electron chi connectivity index (χ2n) is 3.30. The molecule has 0 aliphatic heterocycles. The fourth-order valence-corrected chi connectivity index (χ4v) is 1.53. The summed E-state index contributed by atoms with van der Waals surface area (Å²) in [7, 11) is 0. The van der Waals surface area contributed by atoms with Crippen LogP contribution in [-0.4, -0.2) is 4.98 Å². The van der Waals surface area contributed by atoms with Crippen LogP contribution in [0.1, 0.15) is 11.3 Å². The highest BCUT2D eigenvalue weighted by atomic mass is 35.5. The molecule has 2 aromatic rings. The van der Waals surface area contributed by atoms with E-state index in [0.29, 0.717) is 10.6 Å². The molecule has 0 amide bonds. The van der Waals surface area contributed by atoms with Gasteiger partial charge >= 0.3 is 0 Å². The van der Waals surface area contributed by atoms with E-state index in [9.17, 15) is 0 Å². The summed E-state index contributed by atoms with van der Waals surface area (Å²) in [6.45, 7) is 0. The molecule has 0 bridgehead atoms. The van der Waals surface area contributed by atoms with E-state index in [4.69, 9.17) is 16.9 Å². The Morgan fingerprint density at radius 3 is 2.56 bits per heavy atom. The Balaban J connectivity index is 2.37. The minimum Gasteiger partial charge on any atom is -0.362 e. The highest BCUT2D eigenvalue weighted by molar-refractivity contribution is 6.30. The Labute approximate surface area is 98.8 Å². The molecule has 3 heteroatoms. The first kappa shape index (κ1) is 10.5. The standard InChI is InChI=1S/C13H9ClN2/c14-12-5-3-10(4-6-12)11(9-15)8-13-2-1-7-16-13/h1-8,16H/b11-8-. The normalized spacial score (nSPS) is 11.1. The van der Waals surface area contributed by atoms with Gasteiger partial charge in [0.05, 0.1) is 11.6 Å². The van der Waals surface area contributed by atoms with Crippen molar-refractivity contribution in [3.8, 4) is 6.07 Å². The van der Waals surface area contributed by atoms with E-state index < -0.39 is 0 Å². The average molecular weight is 229 g/mol. The fourth-order valence-electron chi connectivity index (χ4n) is 1.40. The van der Waals surface area contributed by atoms with Crippen molar-refractivity contribution < 1.29 is 0 Å². The summed E-state index contributed by atoms with van der Waals surface area (Å²) in [5, 5.41) is 9.75. The third-order valence-electron chi connectivity index (χ3n) is 2.20. The van der Waals surface area contributed by atoms with Crippen molar-refractivity contribution in [2.45, 2.75) is 0 Å². The second-order valence-corrected chi connectivity index (χ2v) is 3.74. The Morgan fingerprint density at radius 2 is 2.00 bits per heavy atom. The van der Waals surface area contributed by atoms with Crippen molar-refractivity contribution in [3.05, 3.63) is 58.9 Å². The van der Waals surface area contributed by atoms with Gasteiger partial charge in [-0.1, -0.05) is 23.7 Å². The molecule has 0 saturated carbocycles. The van der Waals surface area contributed by atoms with Gasteiger partial charge in [0.15, 0.2) is 0 Å². The van der Waals surface area contributed by atoms with Crippen LogP contribution in [0.3, 0.4) is 0 Å². The lowest BCUT2D eigenvalue weighted by atomic mass is 10.1. The highest BCUT2D eigenvalue weighted by Crippen LogP contribution is 2.19. The van der Waals surface area contributed by atoms with Gasteiger partial charge in [0.25, 0.3) is 0 Å². The Hall–Kier alpha value is -1.98. The molecular weight excluding hydrogens is 220 g/mol. The van der Waals surface area contributed by atoms with Gasteiger partial charge in [-0.25, -0.2) is 0 Å². The van der Waals surface area contributed by atoms with E-state index >= 15 is 0 Å². The van der Waals surface area contributed by atoms with Crippen LogP contribution in [0.5, 0.6) is 0 Å². The molecule has 16 heavy (non-hydrogen) atoms. The Morgan fingerprint density at radius 1 is 1.25 bits per heavy atom. The Bertz CT molecular complexity index is 530. The molecule has 0 atom stereocenters. The average Bonchev–Trinajstić information content (AvgIpc) is 2.80. The maximum atomic E-state index is 9.08. The second kappa shape index (κ2) is 4.69. The van der Waals surface area contributed by atoms with Gasteiger partial charge in [-0.05, 0) is 35.9 Å². The van der Waals surface area contributed by atoms with Gasteiger partial charge in [0.2, 0.25) is 0 Å². The number of hydrogen-bond acceptors (Lipinski definition) is 1. The molecule has 0 fully saturated rings. The first-order valence-electron chi connectivity index (χ1n) is 4.81. The van der Waals surface area contributed by atoms with Crippen LogP contribution in [0.15, 0.2) is 42.6 Å². The van der Waals surface area contributed by atoms with Gasteiger partial charge in [0.1, 0.15) is 0 Å². The minimum atomic E-state index is 0.610. The lowest BCUT2D eigenvalue weighted by Crippen LogP contribution is -1.81. The quantitative estimate of drug-likeness (QED) is 0.782. The van der Waals surface area contributed by atoms with E-state index in [1.54, 1.807) is 12.1 Å². The van der Waals surface area contributed by atoms with Crippen molar-refractivity contribution in [2.75, 3.05) is 0 Å². The van der Waals surface area contributed by atoms with Crippen molar-refractivity contribution in [1.82, 2.24) is 4.98 Å². The smallest absolute Gasteiger partial charge is 0.0998 e. The van der Waals surface area contributed by atoms with Crippen LogP contribution >= 0.6 is 11.6 Å². The molecule has 0 saturated heterocycles. The zero-order valence-electron chi connectivity index (χ0n) is 8.44. The number of aromatic nitrogens is 1. The molecule has 0 unspecified atom stereocenters. The van der Waals surface area contributed by atoms with Crippen LogP contribution in [0.4, 0.5) is 0 Å². The summed E-state index contributed by atoms with van der Waals surface area (Å²) < 4.78 is 0.